The van der Waals surface area contributed by atoms with Crippen molar-refractivity contribution in [2.45, 2.75) is 24.6 Å². The summed E-state index contributed by atoms with van der Waals surface area (Å²) in [7, 11) is 0. The molecule has 1 aliphatic rings. The fraction of sp³-hybridized carbons (Fsp3) is 0.333. The van der Waals surface area contributed by atoms with Gasteiger partial charge < -0.3 is 0 Å². The second-order valence-corrected chi connectivity index (χ2v) is 11.1. The summed E-state index contributed by atoms with van der Waals surface area (Å²) in [6, 6.07) is 5.75. The topological polar surface area (TPSA) is 75.2 Å². The van der Waals surface area contributed by atoms with Crippen molar-refractivity contribution in [3.05, 3.63) is 27.3 Å². The summed E-state index contributed by atoms with van der Waals surface area (Å²) in [4.78, 5) is 35.3. The van der Waals surface area contributed by atoms with Gasteiger partial charge in [0.1, 0.15) is 0 Å². The fourth-order valence-electron chi connectivity index (χ4n) is 2.34. The fourth-order valence-corrected chi connectivity index (χ4v) is 5.67. The van der Waals surface area contributed by atoms with Gasteiger partial charge in [0.25, 0.3) is 0 Å². The van der Waals surface area contributed by atoms with Gasteiger partial charge in [0.05, 0.1) is 0 Å². The molecule has 9 heteroatoms. The first kappa shape index (κ1) is 17.8. The Balaban J connectivity index is 1.63. The van der Waals surface area contributed by atoms with Crippen molar-refractivity contribution in [1.82, 2.24) is 20.2 Å². The van der Waals surface area contributed by atoms with Gasteiger partial charge in [-0.1, -0.05) is 0 Å². The van der Waals surface area contributed by atoms with E-state index in [1.54, 1.807) is 36.3 Å². The molecular weight excluding hydrogens is 502 g/mol. The Bertz CT molecular complexity index is 795. The Morgan fingerprint density at radius 2 is 2.12 bits per heavy atom. The van der Waals surface area contributed by atoms with E-state index in [2.05, 4.69) is 50.0 Å². The Morgan fingerprint density at radius 3 is 2.75 bits per heavy atom. The number of carbonyl (C=O) groups is 2. The SMILES string of the molecule is CC1(C)C(=O)NC(=O)N1CC[As]c1nccc(-c2ccc(I)s2)n1. The number of hydrogen-bond acceptors (Lipinski definition) is 5. The number of urea groups is 1. The van der Waals surface area contributed by atoms with Gasteiger partial charge in [0.2, 0.25) is 0 Å². The molecule has 0 aromatic carbocycles. The van der Waals surface area contributed by atoms with Crippen LogP contribution in [0.4, 0.5) is 4.79 Å². The number of rotatable bonds is 5. The molecule has 3 heterocycles. The van der Waals surface area contributed by atoms with E-state index >= 15 is 0 Å². The van der Waals surface area contributed by atoms with Crippen molar-refractivity contribution in [3.63, 3.8) is 0 Å². The van der Waals surface area contributed by atoms with Crippen LogP contribution in [-0.2, 0) is 4.79 Å². The molecule has 6 nitrogen and oxygen atoms in total. The van der Waals surface area contributed by atoms with Gasteiger partial charge in [-0.25, -0.2) is 0 Å². The van der Waals surface area contributed by atoms with E-state index in [0.29, 0.717) is 6.54 Å². The predicted molar refractivity (Wildman–Crippen MR) is 103 cm³/mol. The third kappa shape index (κ3) is 3.65. The quantitative estimate of drug-likeness (QED) is 0.374. The minimum atomic E-state index is -0.783. The number of halogens is 1. The molecule has 2 aromatic heterocycles. The van der Waals surface area contributed by atoms with E-state index in [0.717, 1.165) is 20.4 Å². The van der Waals surface area contributed by atoms with Gasteiger partial charge in [0.15, 0.2) is 0 Å². The normalized spacial score (nSPS) is 17.0. The van der Waals surface area contributed by atoms with E-state index in [-0.39, 0.29) is 27.7 Å². The van der Waals surface area contributed by atoms with Crippen molar-refractivity contribution >= 4 is 66.2 Å². The molecule has 0 unspecified atom stereocenters. The molecule has 1 aliphatic heterocycles. The van der Waals surface area contributed by atoms with Crippen molar-refractivity contribution in [1.29, 1.82) is 0 Å². The van der Waals surface area contributed by atoms with Crippen LogP contribution < -0.4 is 9.93 Å². The zero-order valence-corrected chi connectivity index (χ0v) is 18.0. The summed E-state index contributed by atoms with van der Waals surface area (Å²) in [6.07, 6.45) is 1.79. The molecule has 3 rings (SSSR count). The number of carbonyl (C=O) groups excluding carboxylic acids is 2. The van der Waals surface area contributed by atoms with Gasteiger partial charge in [0, 0.05) is 0 Å². The Hall–Kier alpha value is -0.992. The predicted octanol–water partition coefficient (Wildman–Crippen LogP) is 1.89. The van der Waals surface area contributed by atoms with Crippen LogP contribution in [0.25, 0.3) is 10.6 Å². The molecule has 0 bridgehead atoms. The van der Waals surface area contributed by atoms with Gasteiger partial charge in [-0.15, -0.1) is 0 Å². The molecule has 1 N–H and O–H groups in total. The Labute approximate surface area is 164 Å². The van der Waals surface area contributed by atoms with E-state index < -0.39 is 5.54 Å². The van der Waals surface area contributed by atoms with Gasteiger partial charge in [-0.05, 0) is 0 Å². The summed E-state index contributed by atoms with van der Waals surface area (Å²) in [5, 5.41) is 3.16. The Kier molecular flexibility index (Phi) is 5.27. The van der Waals surface area contributed by atoms with Crippen LogP contribution in [0.15, 0.2) is 24.4 Å². The van der Waals surface area contributed by atoms with E-state index in [4.69, 9.17) is 0 Å². The maximum atomic E-state index is 11.9. The molecule has 0 saturated carbocycles. The maximum absolute atomic E-state index is 11.9. The number of amides is 3. The van der Waals surface area contributed by atoms with Gasteiger partial charge in [-0.2, -0.15) is 0 Å². The number of nitrogens with one attached hydrogen (secondary N) is 1. The minimum absolute atomic E-state index is 0.241. The van der Waals surface area contributed by atoms with E-state index in [1.165, 1.54) is 2.88 Å². The summed E-state index contributed by atoms with van der Waals surface area (Å²) in [5.74, 6) is -0.241. The van der Waals surface area contributed by atoms with Crippen LogP contribution in [0, 0.1) is 2.88 Å². The molecule has 2 aromatic rings. The molecule has 125 valence electrons. The number of nitrogens with zero attached hydrogens (tertiary/aromatic N) is 3. The number of thiophene rings is 1. The summed E-state index contributed by atoms with van der Waals surface area (Å²) in [6.45, 7) is 4.06. The molecule has 3 amide bonds. The zero-order valence-electron chi connectivity index (χ0n) is 13.1. The molecule has 24 heavy (non-hydrogen) atoms. The number of aromatic nitrogens is 2. The molecule has 1 radical (unpaired) electrons. The van der Waals surface area contributed by atoms with Gasteiger partial charge in [-0.3, -0.25) is 0 Å². The molecule has 0 spiro atoms. The standard InChI is InChI=1S/C15H15AsIN4O2S/c1-15(2)12(22)20-14(23)21(15)8-6-16-13-18-7-5-9(19-13)10-3-4-11(17)24-10/h3-5,7H,6,8H2,1-2H3,(H,20,22,23). The van der Waals surface area contributed by atoms with Crippen molar-refractivity contribution in [2.24, 2.45) is 0 Å². The summed E-state index contributed by atoms with van der Waals surface area (Å²) in [5.41, 5.74) is 0.159. The average Bonchev–Trinajstić information content (AvgIpc) is 3.04. The van der Waals surface area contributed by atoms with E-state index in [1.807, 2.05) is 6.07 Å². The van der Waals surface area contributed by atoms with Crippen LogP contribution in [0.1, 0.15) is 13.8 Å². The van der Waals surface area contributed by atoms with Crippen LogP contribution in [-0.4, -0.2) is 54.6 Å². The zero-order chi connectivity index (χ0) is 17.3. The monoisotopic (exact) mass is 517 g/mol. The molecule has 1 saturated heterocycles. The van der Waals surface area contributed by atoms with Crippen molar-refractivity contribution in [2.75, 3.05) is 6.54 Å². The first-order valence-electron chi connectivity index (χ1n) is 7.27. The van der Waals surface area contributed by atoms with Crippen LogP contribution in [0.5, 0.6) is 0 Å². The number of hydrogen-bond donors (Lipinski definition) is 1. The molecular formula is C15H15AsIN4O2S. The van der Waals surface area contributed by atoms with Crippen LogP contribution in [0.2, 0.25) is 5.21 Å². The van der Waals surface area contributed by atoms with Crippen LogP contribution in [0.3, 0.4) is 0 Å². The Morgan fingerprint density at radius 1 is 1.33 bits per heavy atom. The van der Waals surface area contributed by atoms with Crippen molar-refractivity contribution < 1.29 is 9.59 Å². The number of imide groups is 1. The second kappa shape index (κ2) is 7.09. The molecule has 0 atom stereocenters. The first-order valence-corrected chi connectivity index (χ1v) is 11.4. The average molecular weight is 517 g/mol. The molecule has 1 fully saturated rings. The van der Waals surface area contributed by atoms with Crippen molar-refractivity contribution in [3.8, 4) is 10.6 Å². The summed E-state index contributed by atoms with van der Waals surface area (Å²) >= 11 is 3.74. The molecule has 0 aliphatic carbocycles. The second-order valence-electron chi connectivity index (χ2n) is 5.70. The first-order chi connectivity index (χ1) is 11.4. The third-order valence-electron chi connectivity index (χ3n) is 3.74. The van der Waals surface area contributed by atoms with E-state index in [9.17, 15) is 9.59 Å². The third-order valence-corrected chi connectivity index (χ3v) is 7.59. The van der Waals surface area contributed by atoms with Gasteiger partial charge >= 0.3 is 165 Å². The summed E-state index contributed by atoms with van der Waals surface area (Å²) < 4.78 is 2.07. The van der Waals surface area contributed by atoms with Crippen LogP contribution >= 0.6 is 33.9 Å².